The average Bonchev–Trinajstić information content (AvgIpc) is 2.93. The van der Waals surface area contributed by atoms with Crippen LogP contribution in [0.1, 0.15) is 11.3 Å². The summed E-state index contributed by atoms with van der Waals surface area (Å²) >= 11 is 0. The molecule has 2 aromatic heterocycles. The number of nitrogens with zero attached hydrogens (tertiary/aromatic N) is 5. The molecule has 2 heterocycles. The summed E-state index contributed by atoms with van der Waals surface area (Å²) in [7, 11) is 0. The molecule has 0 aliphatic heterocycles. The predicted molar refractivity (Wildman–Crippen MR) is 78.8 cm³/mol. The van der Waals surface area contributed by atoms with E-state index < -0.39 is 0 Å². The summed E-state index contributed by atoms with van der Waals surface area (Å²) in [4.78, 5) is 4.27. The number of hydrogen-bond donors (Lipinski definition) is 2. The van der Waals surface area contributed by atoms with Crippen LogP contribution < -0.4 is 10.6 Å². The van der Waals surface area contributed by atoms with Crippen molar-refractivity contribution in [3.8, 4) is 6.07 Å². The summed E-state index contributed by atoms with van der Waals surface area (Å²) in [6.07, 6.45) is 1.48. The van der Waals surface area contributed by atoms with Crippen molar-refractivity contribution in [3.05, 3.63) is 47.9 Å². The molecule has 2 N–H and O–H groups in total. The van der Waals surface area contributed by atoms with Crippen LogP contribution in [0.2, 0.25) is 0 Å². The first-order chi connectivity index (χ1) is 10.7. The number of hydrogen-bond acceptors (Lipinski definition) is 8. The normalized spacial score (nSPS) is 10.0. The third-order valence-corrected chi connectivity index (χ3v) is 2.71. The maximum Gasteiger partial charge on any atom is 0.249 e. The molecule has 3 rings (SSSR count). The van der Waals surface area contributed by atoms with Crippen LogP contribution in [-0.4, -0.2) is 20.3 Å². The Morgan fingerprint density at radius 3 is 2.64 bits per heavy atom. The molecule has 3 aromatic rings. The lowest BCUT2D eigenvalue weighted by molar-refractivity contribution is 0.400. The van der Waals surface area contributed by atoms with Crippen LogP contribution in [0, 0.1) is 18.3 Å². The van der Waals surface area contributed by atoms with E-state index in [-0.39, 0.29) is 0 Å². The number of aryl methyl sites for hydroxylation is 1. The molecule has 22 heavy (non-hydrogen) atoms. The number of rotatable bonds is 4. The number of anilines is 4. The van der Waals surface area contributed by atoms with Gasteiger partial charge in [0.05, 0.1) is 17.8 Å². The third kappa shape index (κ3) is 3.16. The summed E-state index contributed by atoms with van der Waals surface area (Å²) < 4.78 is 4.97. The quantitative estimate of drug-likeness (QED) is 0.754. The van der Waals surface area contributed by atoms with Gasteiger partial charge in [0.15, 0.2) is 11.6 Å². The fourth-order valence-electron chi connectivity index (χ4n) is 1.73. The Hall–Kier alpha value is -3.47. The summed E-state index contributed by atoms with van der Waals surface area (Å²) in [5.41, 5.74) is 1.34. The molecular weight excluding hydrogens is 282 g/mol. The number of benzene rings is 1. The van der Waals surface area contributed by atoms with Crippen LogP contribution in [0.25, 0.3) is 0 Å². The second-order valence-electron chi connectivity index (χ2n) is 4.43. The highest BCUT2D eigenvalue weighted by Crippen LogP contribution is 2.16. The van der Waals surface area contributed by atoms with Crippen molar-refractivity contribution in [3.63, 3.8) is 0 Å². The van der Waals surface area contributed by atoms with Crippen molar-refractivity contribution >= 4 is 23.3 Å². The minimum atomic E-state index is 0.329. The molecule has 108 valence electrons. The van der Waals surface area contributed by atoms with Gasteiger partial charge in [-0.3, -0.25) is 0 Å². The first-order valence-electron chi connectivity index (χ1n) is 6.40. The Bertz CT molecular complexity index is 820. The van der Waals surface area contributed by atoms with Crippen LogP contribution in [0.15, 0.2) is 41.1 Å². The number of nitrogens with one attached hydrogen (secondary N) is 2. The molecule has 0 aliphatic rings. The molecule has 8 nitrogen and oxygen atoms in total. The van der Waals surface area contributed by atoms with Gasteiger partial charge < -0.3 is 15.2 Å². The van der Waals surface area contributed by atoms with Crippen molar-refractivity contribution < 1.29 is 4.52 Å². The van der Waals surface area contributed by atoms with E-state index in [0.717, 1.165) is 5.69 Å². The highest BCUT2D eigenvalue weighted by Gasteiger charge is 2.05. The van der Waals surface area contributed by atoms with Crippen LogP contribution in [0.4, 0.5) is 23.3 Å². The fourth-order valence-corrected chi connectivity index (χ4v) is 1.73. The minimum absolute atomic E-state index is 0.329. The van der Waals surface area contributed by atoms with Crippen LogP contribution in [0.5, 0.6) is 0 Å². The molecule has 0 spiro atoms. The fraction of sp³-hybridized carbons (Fsp3) is 0.0714. The summed E-state index contributed by atoms with van der Waals surface area (Å²) in [6.45, 7) is 1.80. The third-order valence-electron chi connectivity index (χ3n) is 2.71. The molecular formula is C14H11N7O. The van der Waals surface area contributed by atoms with Crippen molar-refractivity contribution in [2.75, 3.05) is 10.6 Å². The average molecular weight is 293 g/mol. The molecule has 0 bridgehead atoms. The molecule has 1 aromatic carbocycles. The van der Waals surface area contributed by atoms with Gasteiger partial charge >= 0.3 is 0 Å². The monoisotopic (exact) mass is 293 g/mol. The van der Waals surface area contributed by atoms with E-state index >= 15 is 0 Å². The van der Waals surface area contributed by atoms with Crippen LogP contribution in [-0.2, 0) is 0 Å². The zero-order chi connectivity index (χ0) is 15.4. The van der Waals surface area contributed by atoms with E-state index in [1.807, 2.05) is 0 Å². The molecule has 0 saturated carbocycles. The predicted octanol–water partition coefficient (Wildman–Crippen LogP) is 2.53. The molecule has 0 fully saturated rings. The maximum atomic E-state index is 8.77. The first-order valence-corrected chi connectivity index (χ1v) is 6.40. The van der Waals surface area contributed by atoms with Gasteiger partial charge in [-0.05, 0) is 31.2 Å². The second-order valence-corrected chi connectivity index (χ2v) is 4.43. The van der Waals surface area contributed by atoms with E-state index in [9.17, 15) is 0 Å². The zero-order valence-corrected chi connectivity index (χ0v) is 11.6. The lowest BCUT2D eigenvalue weighted by Crippen LogP contribution is -2.02. The van der Waals surface area contributed by atoms with Crippen molar-refractivity contribution in [2.24, 2.45) is 0 Å². The second kappa shape index (κ2) is 5.88. The Morgan fingerprint density at radius 1 is 1.14 bits per heavy atom. The molecule has 0 aliphatic carbocycles. The lowest BCUT2D eigenvalue weighted by Gasteiger charge is -2.05. The van der Waals surface area contributed by atoms with Crippen molar-refractivity contribution in [2.45, 2.75) is 6.92 Å². The SMILES string of the molecule is Cc1cc(Nc2cnnc(Nc3ccc(C#N)cc3)n2)no1. The lowest BCUT2D eigenvalue weighted by atomic mass is 10.2. The molecule has 0 unspecified atom stereocenters. The Kier molecular flexibility index (Phi) is 3.61. The summed E-state index contributed by atoms with van der Waals surface area (Å²) in [6, 6.07) is 10.7. The van der Waals surface area contributed by atoms with Gasteiger partial charge in [-0.2, -0.15) is 15.3 Å². The van der Waals surface area contributed by atoms with E-state index in [1.165, 1.54) is 6.20 Å². The Morgan fingerprint density at radius 2 is 1.95 bits per heavy atom. The smallest absolute Gasteiger partial charge is 0.249 e. The van der Waals surface area contributed by atoms with E-state index in [1.54, 1.807) is 37.3 Å². The van der Waals surface area contributed by atoms with Crippen LogP contribution in [0.3, 0.4) is 0 Å². The topological polar surface area (TPSA) is 113 Å². The first kappa shape index (κ1) is 13.5. The summed E-state index contributed by atoms with van der Waals surface area (Å²) in [5.74, 6) is 2.05. The minimum Gasteiger partial charge on any atom is -0.360 e. The zero-order valence-electron chi connectivity index (χ0n) is 11.6. The van der Waals surface area contributed by atoms with Gasteiger partial charge in [-0.25, -0.2) is 0 Å². The van der Waals surface area contributed by atoms with Crippen molar-refractivity contribution in [1.82, 2.24) is 20.3 Å². The van der Waals surface area contributed by atoms with E-state index in [0.29, 0.717) is 28.9 Å². The maximum absolute atomic E-state index is 8.77. The van der Waals surface area contributed by atoms with E-state index in [4.69, 9.17) is 9.78 Å². The van der Waals surface area contributed by atoms with E-state index in [2.05, 4.69) is 37.0 Å². The molecule has 8 heteroatoms. The molecule has 0 atom stereocenters. The molecule has 0 amide bonds. The van der Waals surface area contributed by atoms with Gasteiger partial charge in [-0.15, -0.1) is 5.10 Å². The van der Waals surface area contributed by atoms with Gasteiger partial charge in [0, 0.05) is 11.8 Å². The molecule has 0 saturated heterocycles. The standard InChI is InChI=1S/C14H11N7O/c1-9-6-12(21-22-9)18-13-8-16-20-14(19-13)17-11-4-2-10(7-15)3-5-11/h2-6,8H,1H3,(H2,17,18,19,20,21). The largest absolute Gasteiger partial charge is 0.360 e. The van der Waals surface area contributed by atoms with Gasteiger partial charge in [0.1, 0.15) is 5.76 Å². The molecule has 0 radical (unpaired) electrons. The number of nitriles is 1. The number of aromatic nitrogens is 4. The van der Waals surface area contributed by atoms with Gasteiger partial charge in [-0.1, -0.05) is 5.16 Å². The van der Waals surface area contributed by atoms with Gasteiger partial charge in [0.2, 0.25) is 5.95 Å². The Labute approximate surface area is 125 Å². The van der Waals surface area contributed by atoms with Crippen molar-refractivity contribution in [1.29, 1.82) is 5.26 Å². The van der Waals surface area contributed by atoms with Gasteiger partial charge in [0.25, 0.3) is 0 Å². The summed E-state index contributed by atoms with van der Waals surface area (Å²) in [5, 5.41) is 26.3. The van der Waals surface area contributed by atoms with Crippen LogP contribution >= 0.6 is 0 Å². The highest BCUT2D eigenvalue weighted by atomic mass is 16.5. The highest BCUT2D eigenvalue weighted by molar-refractivity contribution is 5.57. The Balaban J connectivity index is 1.74.